The first-order valence-corrected chi connectivity index (χ1v) is 7.06. The molecule has 4 nitrogen and oxygen atoms in total. The molecule has 0 amide bonds. The van der Waals surface area contributed by atoms with Crippen molar-refractivity contribution in [2.45, 2.75) is 10.3 Å². The molecule has 2 atom stereocenters. The molecule has 1 aromatic rings. The molecule has 0 spiro atoms. The van der Waals surface area contributed by atoms with Gasteiger partial charge < -0.3 is 10.8 Å². The van der Waals surface area contributed by atoms with Crippen LogP contribution in [0.1, 0.15) is 11.7 Å². The number of hydrogen-bond donors (Lipinski definition) is 2. The summed E-state index contributed by atoms with van der Waals surface area (Å²) < 4.78 is 21.4. The lowest BCUT2D eigenvalue weighted by atomic mass is 10.1. The summed E-state index contributed by atoms with van der Waals surface area (Å²) in [5.74, 6) is 0. The number of aliphatic hydroxyl groups is 1. The Balaban J connectivity index is 3.00. The summed E-state index contributed by atoms with van der Waals surface area (Å²) in [7, 11) is -3.34. The van der Waals surface area contributed by atoms with Crippen molar-refractivity contribution in [1.29, 1.82) is 0 Å². The Labute approximate surface area is 97.2 Å². The van der Waals surface area contributed by atoms with Gasteiger partial charge in [0.15, 0.2) is 9.84 Å². The third kappa shape index (κ3) is 3.19. The van der Waals surface area contributed by atoms with Crippen LogP contribution in [0.2, 0.25) is 0 Å². The second kappa shape index (κ2) is 4.51. The summed E-state index contributed by atoms with van der Waals surface area (Å²) >= 11 is 2.95. The summed E-state index contributed by atoms with van der Waals surface area (Å²) in [6.45, 7) is 0. The highest BCUT2D eigenvalue weighted by molar-refractivity contribution is 9.11. The molecule has 0 aromatic heterocycles. The Morgan fingerprint density at radius 1 is 1.47 bits per heavy atom. The van der Waals surface area contributed by atoms with Gasteiger partial charge in [-0.15, -0.1) is 0 Å². The van der Waals surface area contributed by atoms with E-state index in [1.54, 1.807) is 24.3 Å². The predicted octanol–water partition coefficient (Wildman–Crippen LogP) is 1.07. The molecular formula is C9H12BrNO3S. The van der Waals surface area contributed by atoms with E-state index in [1.165, 1.54) is 0 Å². The van der Waals surface area contributed by atoms with Gasteiger partial charge in [0.2, 0.25) is 0 Å². The largest absolute Gasteiger partial charge is 0.399 e. The molecule has 0 saturated heterocycles. The molecule has 0 aliphatic heterocycles. The lowest BCUT2D eigenvalue weighted by Gasteiger charge is -2.16. The highest BCUT2D eigenvalue weighted by Gasteiger charge is 2.27. The second-order valence-electron chi connectivity index (χ2n) is 3.30. The Morgan fingerprint density at radius 2 is 2.07 bits per heavy atom. The zero-order chi connectivity index (χ0) is 11.6. The smallest absolute Gasteiger partial charge is 0.163 e. The zero-order valence-corrected chi connectivity index (χ0v) is 10.5. The lowest BCUT2D eigenvalue weighted by Crippen LogP contribution is -2.21. The fourth-order valence-electron chi connectivity index (χ4n) is 1.13. The average Bonchev–Trinajstić information content (AvgIpc) is 2.14. The van der Waals surface area contributed by atoms with E-state index in [0.717, 1.165) is 6.26 Å². The lowest BCUT2D eigenvalue weighted by molar-refractivity contribution is 0.195. The summed E-state index contributed by atoms with van der Waals surface area (Å²) in [4.78, 5) is 0. The fourth-order valence-corrected chi connectivity index (χ4v) is 2.06. The third-order valence-electron chi connectivity index (χ3n) is 1.91. The van der Waals surface area contributed by atoms with Crippen molar-refractivity contribution in [1.82, 2.24) is 0 Å². The van der Waals surface area contributed by atoms with Crippen LogP contribution >= 0.6 is 15.9 Å². The number of sulfone groups is 1. The number of anilines is 1. The van der Waals surface area contributed by atoms with Crippen LogP contribution in [0, 0.1) is 0 Å². The first-order chi connectivity index (χ1) is 6.82. The number of benzene rings is 1. The monoisotopic (exact) mass is 293 g/mol. The summed E-state index contributed by atoms with van der Waals surface area (Å²) in [6.07, 6.45) is -0.0643. The number of halogens is 1. The van der Waals surface area contributed by atoms with Crippen LogP contribution in [0.5, 0.6) is 0 Å². The molecule has 0 heterocycles. The predicted molar refractivity (Wildman–Crippen MR) is 63.4 cm³/mol. The Hall–Kier alpha value is -0.590. The van der Waals surface area contributed by atoms with Crippen molar-refractivity contribution in [2.75, 3.05) is 12.0 Å². The first kappa shape index (κ1) is 12.5. The van der Waals surface area contributed by atoms with Gasteiger partial charge in [0.1, 0.15) is 10.3 Å². The van der Waals surface area contributed by atoms with Gasteiger partial charge >= 0.3 is 0 Å². The number of alkyl halides is 1. The number of nitrogen functional groups attached to an aromatic ring is 1. The number of rotatable bonds is 3. The van der Waals surface area contributed by atoms with Gasteiger partial charge in [0.05, 0.1) is 0 Å². The minimum Gasteiger partial charge on any atom is -0.399 e. The molecule has 0 radical (unpaired) electrons. The van der Waals surface area contributed by atoms with E-state index in [-0.39, 0.29) is 0 Å². The Kier molecular flexibility index (Phi) is 3.75. The standard InChI is InChI=1S/C9H12BrNO3S/c1-15(13,14)9(10)8(12)6-3-2-4-7(11)5-6/h2-5,8-9,12H,11H2,1H3/t8-,9+/m1/s1. The van der Waals surface area contributed by atoms with Gasteiger partial charge in [0.25, 0.3) is 0 Å². The molecule has 6 heteroatoms. The topological polar surface area (TPSA) is 80.4 Å². The maximum atomic E-state index is 11.2. The molecule has 84 valence electrons. The number of nitrogens with two attached hydrogens (primary N) is 1. The number of aliphatic hydroxyl groups excluding tert-OH is 1. The first-order valence-electron chi connectivity index (χ1n) is 4.19. The molecule has 0 saturated carbocycles. The van der Waals surface area contributed by atoms with E-state index in [1.807, 2.05) is 0 Å². The maximum Gasteiger partial charge on any atom is 0.163 e. The minimum atomic E-state index is -3.34. The van der Waals surface area contributed by atoms with Crippen molar-refractivity contribution in [3.63, 3.8) is 0 Å². The van der Waals surface area contributed by atoms with E-state index >= 15 is 0 Å². The second-order valence-corrected chi connectivity index (χ2v) is 7.06. The molecule has 0 fully saturated rings. The van der Waals surface area contributed by atoms with Gasteiger partial charge in [-0.2, -0.15) is 0 Å². The van der Waals surface area contributed by atoms with Gasteiger partial charge in [-0.1, -0.05) is 28.1 Å². The molecule has 0 unspecified atom stereocenters. The van der Waals surface area contributed by atoms with E-state index in [9.17, 15) is 13.5 Å². The highest BCUT2D eigenvalue weighted by atomic mass is 79.9. The van der Waals surface area contributed by atoms with E-state index in [4.69, 9.17) is 5.73 Å². The summed E-state index contributed by atoms with van der Waals surface area (Å²) in [5.41, 5.74) is 6.49. The molecule has 1 rings (SSSR count). The van der Waals surface area contributed by atoms with Crippen molar-refractivity contribution in [3.8, 4) is 0 Å². The normalized spacial score (nSPS) is 15.9. The van der Waals surface area contributed by atoms with Crippen LogP contribution in [0.3, 0.4) is 0 Å². The van der Waals surface area contributed by atoms with Crippen LogP contribution in [-0.2, 0) is 9.84 Å². The summed E-state index contributed by atoms with van der Waals surface area (Å²) in [6, 6.07) is 6.50. The Morgan fingerprint density at radius 3 is 2.53 bits per heavy atom. The van der Waals surface area contributed by atoms with Gasteiger partial charge in [-0.05, 0) is 17.7 Å². The van der Waals surface area contributed by atoms with Gasteiger partial charge in [-0.3, -0.25) is 0 Å². The zero-order valence-electron chi connectivity index (χ0n) is 8.09. The average molecular weight is 294 g/mol. The van der Waals surface area contributed by atoms with Crippen molar-refractivity contribution < 1.29 is 13.5 Å². The van der Waals surface area contributed by atoms with Crippen LogP contribution in [0.4, 0.5) is 5.69 Å². The molecule has 3 N–H and O–H groups in total. The van der Waals surface area contributed by atoms with Crippen LogP contribution < -0.4 is 5.73 Å². The molecule has 0 aliphatic rings. The number of hydrogen-bond acceptors (Lipinski definition) is 4. The minimum absolute atomic E-state index is 0.474. The molecule has 15 heavy (non-hydrogen) atoms. The van der Waals surface area contributed by atoms with Crippen molar-refractivity contribution in [3.05, 3.63) is 29.8 Å². The van der Waals surface area contributed by atoms with E-state index in [0.29, 0.717) is 11.3 Å². The van der Waals surface area contributed by atoms with Gasteiger partial charge in [-0.25, -0.2) is 8.42 Å². The SMILES string of the molecule is CS(=O)(=O)[C@H](Br)[C@H](O)c1cccc(N)c1. The van der Waals surface area contributed by atoms with E-state index < -0.39 is 20.1 Å². The summed E-state index contributed by atoms with van der Waals surface area (Å²) in [5, 5.41) is 9.77. The third-order valence-corrected chi connectivity index (χ3v) is 5.52. The van der Waals surface area contributed by atoms with Crippen LogP contribution in [-0.4, -0.2) is 23.9 Å². The highest BCUT2D eigenvalue weighted by Crippen LogP contribution is 2.27. The van der Waals surface area contributed by atoms with Crippen LogP contribution in [0.25, 0.3) is 0 Å². The van der Waals surface area contributed by atoms with Crippen molar-refractivity contribution >= 4 is 31.5 Å². The van der Waals surface area contributed by atoms with Crippen LogP contribution in [0.15, 0.2) is 24.3 Å². The quantitative estimate of drug-likeness (QED) is 0.645. The fraction of sp³-hybridized carbons (Fsp3) is 0.333. The molecule has 0 bridgehead atoms. The van der Waals surface area contributed by atoms with E-state index in [2.05, 4.69) is 15.9 Å². The molecule has 0 aliphatic carbocycles. The van der Waals surface area contributed by atoms with Crippen molar-refractivity contribution in [2.24, 2.45) is 0 Å². The maximum absolute atomic E-state index is 11.2. The van der Waals surface area contributed by atoms with Gasteiger partial charge in [0, 0.05) is 11.9 Å². The molecular weight excluding hydrogens is 282 g/mol. The Bertz CT molecular complexity index is 446. The molecule has 1 aromatic carbocycles.